The van der Waals surface area contributed by atoms with Crippen molar-refractivity contribution in [3.8, 4) is 5.75 Å². The minimum atomic E-state index is -4.21. The van der Waals surface area contributed by atoms with Crippen molar-refractivity contribution >= 4 is 50.7 Å². The molecule has 8 nitrogen and oxygen atoms in total. The van der Waals surface area contributed by atoms with E-state index in [1.165, 1.54) is 17.0 Å². The Kier molecular flexibility index (Phi) is 10.8. The van der Waals surface area contributed by atoms with E-state index in [2.05, 4.69) is 5.32 Å². The summed E-state index contributed by atoms with van der Waals surface area (Å²) in [6.07, 6.45) is 0. The van der Waals surface area contributed by atoms with Gasteiger partial charge in [0.1, 0.15) is 18.3 Å². The van der Waals surface area contributed by atoms with Crippen LogP contribution in [0.15, 0.2) is 77.7 Å². The molecule has 214 valence electrons. The lowest BCUT2D eigenvalue weighted by Crippen LogP contribution is -2.52. The molecule has 3 rings (SSSR count). The summed E-state index contributed by atoms with van der Waals surface area (Å²) in [4.78, 5) is 28.4. The molecule has 0 aliphatic rings. The van der Waals surface area contributed by atoms with E-state index in [0.29, 0.717) is 21.4 Å². The number of anilines is 1. The van der Waals surface area contributed by atoms with Gasteiger partial charge in [-0.25, -0.2) is 8.42 Å². The summed E-state index contributed by atoms with van der Waals surface area (Å²) in [6.45, 7) is 6.64. The van der Waals surface area contributed by atoms with Crippen LogP contribution in [0.4, 0.5) is 5.69 Å². The lowest BCUT2D eigenvalue weighted by molar-refractivity contribution is -0.139. The van der Waals surface area contributed by atoms with Gasteiger partial charge in [-0.1, -0.05) is 59.6 Å². The summed E-state index contributed by atoms with van der Waals surface area (Å²) in [6, 6.07) is 18.2. The molecule has 0 unspecified atom stereocenters. The van der Waals surface area contributed by atoms with E-state index in [4.69, 9.17) is 27.9 Å². The van der Waals surface area contributed by atoms with E-state index < -0.39 is 28.5 Å². The molecule has 0 bridgehead atoms. The maximum Gasteiger partial charge on any atom is 0.264 e. The predicted octanol–water partition coefficient (Wildman–Crippen LogP) is 5.53. The fourth-order valence-electron chi connectivity index (χ4n) is 3.99. The monoisotopic (exact) mass is 605 g/mol. The highest BCUT2D eigenvalue weighted by Crippen LogP contribution is 2.33. The molecule has 3 aromatic carbocycles. The Labute approximate surface area is 245 Å². The van der Waals surface area contributed by atoms with Gasteiger partial charge in [0.2, 0.25) is 11.8 Å². The molecule has 3 aromatic rings. The molecular formula is C29H33Cl2N3O5S. The lowest BCUT2D eigenvalue weighted by Gasteiger charge is -2.33. The number of hydrogen-bond acceptors (Lipinski definition) is 5. The molecule has 0 fully saturated rings. The van der Waals surface area contributed by atoms with Gasteiger partial charge < -0.3 is 15.0 Å². The van der Waals surface area contributed by atoms with Gasteiger partial charge in [-0.15, -0.1) is 0 Å². The zero-order valence-corrected chi connectivity index (χ0v) is 25.1. The van der Waals surface area contributed by atoms with E-state index >= 15 is 0 Å². The van der Waals surface area contributed by atoms with Crippen LogP contribution in [0.3, 0.4) is 0 Å². The van der Waals surface area contributed by atoms with Gasteiger partial charge in [0.15, 0.2) is 0 Å². The molecule has 2 amide bonds. The van der Waals surface area contributed by atoms with Crippen molar-refractivity contribution in [2.75, 3.05) is 17.5 Å². The van der Waals surface area contributed by atoms with Gasteiger partial charge in [-0.2, -0.15) is 0 Å². The summed E-state index contributed by atoms with van der Waals surface area (Å²) in [5, 5.41) is 3.55. The molecule has 0 radical (unpaired) electrons. The summed E-state index contributed by atoms with van der Waals surface area (Å²) in [5.74, 6) is -0.695. The third kappa shape index (κ3) is 7.68. The van der Waals surface area contributed by atoms with Crippen LogP contribution < -0.4 is 14.4 Å². The average Bonchev–Trinajstić information content (AvgIpc) is 2.91. The van der Waals surface area contributed by atoms with Gasteiger partial charge >= 0.3 is 0 Å². The second-order valence-electron chi connectivity index (χ2n) is 9.32. The fourth-order valence-corrected chi connectivity index (χ4v) is 5.91. The number of benzene rings is 3. The SMILES string of the molecule is CCOc1ccccc1N(CC(=O)N(Cc1ccc(Cl)cc1Cl)[C@@H](C)C(=O)NC(C)C)S(=O)(=O)c1ccccc1. The molecule has 0 aliphatic carbocycles. The van der Waals surface area contributed by atoms with Gasteiger partial charge in [0.25, 0.3) is 10.0 Å². The first-order chi connectivity index (χ1) is 18.9. The number of nitrogens with zero attached hydrogens (tertiary/aromatic N) is 2. The van der Waals surface area contributed by atoms with Crippen molar-refractivity contribution in [1.29, 1.82) is 0 Å². The number of carbonyl (C=O) groups excluding carboxylic acids is 2. The second kappa shape index (κ2) is 13.9. The fraction of sp³-hybridized carbons (Fsp3) is 0.310. The van der Waals surface area contributed by atoms with Gasteiger partial charge in [-0.05, 0) is 69.7 Å². The number of halogens is 2. The van der Waals surface area contributed by atoms with E-state index in [0.717, 1.165) is 4.31 Å². The number of carbonyl (C=O) groups is 2. The van der Waals surface area contributed by atoms with Crippen LogP contribution in [-0.2, 0) is 26.2 Å². The third-order valence-corrected chi connectivity index (χ3v) is 8.36. The van der Waals surface area contributed by atoms with Crippen LogP contribution in [0, 0.1) is 0 Å². The summed E-state index contributed by atoms with van der Waals surface area (Å²) < 4.78 is 34.6. The Morgan fingerprint density at radius 2 is 1.60 bits per heavy atom. The Hall–Kier alpha value is -3.27. The summed E-state index contributed by atoms with van der Waals surface area (Å²) in [5.41, 5.74) is 0.751. The van der Waals surface area contributed by atoms with Crippen LogP contribution >= 0.6 is 23.2 Å². The molecule has 0 aliphatic heterocycles. The number of amides is 2. The van der Waals surface area contributed by atoms with E-state index in [-0.39, 0.29) is 35.7 Å². The van der Waals surface area contributed by atoms with Gasteiger partial charge in [-0.3, -0.25) is 13.9 Å². The molecule has 1 N–H and O–H groups in total. The highest BCUT2D eigenvalue weighted by atomic mass is 35.5. The predicted molar refractivity (Wildman–Crippen MR) is 158 cm³/mol. The zero-order chi connectivity index (χ0) is 29.4. The first kappa shape index (κ1) is 31.3. The molecule has 1 atom stereocenters. The Balaban J connectivity index is 2.09. The van der Waals surface area contributed by atoms with Gasteiger partial charge in [0.05, 0.1) is 17.2 Å². The van der Waals surface area contributed by atoms with Crippen molar-refractivity contribution in [2.45, 2.75) is 51.2 Å². The average molecular weight is 607 g/mol. The van der Waals surface area contributed by atoms with Crippen molar-refractivity contribution in [3.63, 3.8) is 0 Å². The normalized spacial score (nSPS) is 12.1. The Morgan fingerprint density at radius 1 is 0.950 bits per heavy atom. The zero-order valence-electron chi connectivity index (χ0n) is 22.8. The quantitative estimate of drug-likeness (QED) is 0.293. The van der Waals surface area contributed by atoms with Crippen LogP contribution in [0.25, 0.3) is 0 Å². The molecule has 0 aromatic heterocycles. The van der Waals surface area contributed by atoms with Crippen molar-refractivity contribution in [2.24, 2.45) is 0 Å². The van der Waals surface area contributed by atoms with Crippen LogP contribution in [-0.4, -0.2) is 50.4 Å². The minimum absolute atomic E-state index is 0.00648. The molecular weight excluding hydrogens is 573 g/mol. The van der Waals surface area contributed by atoms with E-state index in [1.807, 2.05) is 13.8 Å². The van der Waals surface area contributed by atoms with E-state index in [1.54, 1.807) is 74.5 Å². The summed E-state index contributed by atoms with van der Waals surface area (Å²) >= 11 is 12.5. The lowest BCUT2D eigenvalue weighted by atomic mass is 10.1. The van der Waals surface area contributed by atoms with E-state index in [9.17, 15) is 18.0 Å². The van der Waals surface area contributed by atoms with Crippen LogP contribution in [0.2, 0.25) is 10.0 Å². The highest BCUT2D eigenvalue weighted by Gasteiger charge is 2.34. The number of sulfonamides is 1. The molecule has 40 heavy (non-hydrogen) atoms. The maximum atomic E-state index is 14.0. The maximum absolute atomic E-state index is 14.0. The number of rotatable bonds is 12. The van der Waals surface area contributed by atoms with Crippen LogP contribution in [0.5, 0.6) is 5.75 Å². The third-order valence-electron chi connectivity index (χ3n) is 6.00. The number of hydrogen-bond donors (Lipinski definition) is 1. The Morgan fingerprint density at radius 3 is 2.23 bits per heavy atom. The standard InChI is InChI=1S/C29H33Cl2N3O5S/c1-5-39-27-14-10-9-13-26(27)34(40(37,38)24-11-7-6-8-12-24)19-28(35)33(21(4)29(36)32-20(2)3)18-22-15-16-23(30)17-25(22)31/h6-17,20-21H,5,18-19H2,1-4H3,(H,32,36)/t21-/m0/s1. The van der Waals surface area contributed by atoms with Crippen molar-refractivity contribution in [1.82, 2.24) is 10.2 Å². The van der Waals surface area contributed by atoms with Crippen molar-refractivity contribution < 1.29 is 22.7 Å². The van der Waals surface area contributed by atoms with Crippen molar-refractivity contribution in [3.05, 3.63) is 88.4 Å². The smallest absolute Gasteiger partial charge is 0.264 e. The first-order valence-corrected chi connectivity index (χ1v) is 15.0. The minimum Gasteiger partial charge on any atom is -0.492 e. The Bertz CT molecular complexity index is 1430. The molecule has 0 heterocycles. The topological polar surface area (TPSA) is 96.0 Å². The number of ether oxygens (including phenoxy) is 1. The van der Waals surface area contributed by atoms with Gasteiger partial charge in [0, 0.05) is 22.6 Å². The first-order valence-electron chi connectivity index (χ1n) is 12.8. The molecule has 11 heteroatoms. The number of para-hydroxylation sites is 2. The number of nitrogens with one attached hydrogen (secondary N) is 1. The summed E-state index contributed by atoms with van der Waals surface area (Å²) in [7, 11) is -4.21. The highest BCUT2D eigenvalue weighted by molar-refractivity contribution is 7.92. The molecule has 0 saturated carbocycles. The second-order valence-corrected chi connectivity index (χ2v) is 12.0. The largest absolute Gasteiger partial charge is 0.492 e. The molecule has 0 saturated heterocycles. The molecule has 0 spiro atoms. The van der Waals surface area contributed by atoms with Crippen LogP contribution in [0.1, 0.15) is 33.3 Å².